The van der Waals surface area contributed by atoms with Crippen molar-refractivity contribution in [2.24, 2.45) is 5.41 Å². The number of ether oxygens (including phenoxy) is 1. The predicted octanol–water partition coefficient (Wildman–Crippen LogP) is 3.47. The maximum Gasteiger partial charge on any atom is 0.246 e. The van der Waals surface area contributed by atoms with E-state index in [9.17, 15) is 13.5 Å². The molecule has 1 aliphatic heterocycles. The Hall–Kier alpha value is -2.13. The molecule has 8 heteroatoms. The summed E-state index contributed by atoms with van der Waals surface area (Å²) in [6.07, 6.45) is -0.839. The first-order chi connectivity index (χ1) is 14.5. The quantitative estimate of drug-likeness (QED) is 0.588. The summed E-state index contributed by atoms with van der Waals surface area (Å²) >= 11 is 0. The highest BCUT2D eigenvalue weighted by Gasteiger charge is 2.30. The Balaban J connectivity index is 2.02. The van der Waals surface area contributed by atoms with E-state index in [1.54, 1.807) is 18.2 Å². The van der Waals surface area contributed by atoms with Crippen LogP contribution in [0.4, 0.5) is 5.69 Å². The summed E-state index contributed by atoms with van der Waals surface area (Å²) in [7, 11) is -3.78. The van der Waals surface area contributed by atoms with Gasteiger partial charge in [-0.1, -0.05) is 26.8 Å². The Morgan fingerprint density at radius 2 is 1.68 bits per heavy atom. The van der Waals surface area contributed by atoms with Crippen LogP contribution >= 0.6 is 0 Å². The molecule has 1 heterocycles. The van der Waals surface area contributed by atoms with Crippen molar-refractivity contribution >= 4 is 15.7 Å². The normalized spacial score (nSPS) is 16.7. The minimum Gasteiger partial charge on any atom is -0.456 e. The van der Waals surface area contributed by atoms with Gasteiger partial charge in [0.2, 0.25) is 10.0 Å². The Morgan fingerprint density at radius 1 is 1.06 bits per heavy atom. The zero-order valence-corrected chi connectivity index (χ0v) is 19.7. The van der Waals surface area contributed by atoms with Gasteiger partial charge >= 0.3 is 0 Å². The average molecular weight is 448 g/mol. The molecule has 0 spiro atoms. The second kappa shape index (κ2) is 9.16. The molecule has 0 aromatic heterocycles. The molecule has 0 saturated carbocycles. The van der Waals surface area contributed by atoms with Gasteiger partial charge < -0.3 is 20.5 Å². The SMILES string of the molecule is Cc1cc(C)cc(Oc2ccc(NC(O)C(C)(C)C)cc2S(=O)(=O)N2CCNCC2)c1. The average Bonchev–Trinajstić information content (AvgIpc) is 2.68. The number of hydrogen-bond donors (Lipinski definition) is 3. The molecule has 1 aliphatic rings. The lowest BCUT2D eigenvalue weighted by Gasteiger charge is -2.29. The van der Waals surface area contributed by atoms with Crippen molar-refractivity contribution in [1.29, 1.82) is 0 Å². The molecule has 1 fully saturated rings. The van der Waals surface area contributed by atoms with Crippen LogP contribution in [0.3, 0.4) is 0 Å². The third-order valence-electron chi connectivity index (χ3n) is 5.18. The molecule has 0 radical (unpaired) electrons. The van der Waals surface area contributed by atoms with Crippen molar-refractivity contribution in [2.75, 3.05) is 31.5 Å². The van der Waals surface area contributed by atoms with Crippen LogP contribution in [0.5, 0.6) is 11.5 Å². The van der Waals surface area contributed by atoms with Crippen LogP contribution in [0, 0.1) is 19.3 Å². The number of benzene rings is 2. The topological polar surface area (TPSA) is 90.9 Å². The molecular weight excluding hydrogens is 414 g/mol. The van der Waals surface area contributed by atoms with Crippen LogP contribution in [0.2, 0.25) is 0 Å². The third-order valence-corrected chi connectivity index (χ3v) is 7.10. The summed E-state index contributed by atoms with van der Waals surface area (Å²) in [5.41, 5.74) is 2.18. The highest BCUT2D eigenvalue weighted by molar-refractivity contribution is 7.89. The van der Waals surface area contributed by atoms with Crippen molar-refractivity contribution in [3.63, 3.8) is 0 Å². The smallest absolute Gasteiger partial charge is 0.246 e. The maximum atomic E-state index is 13.5. The van der Waals surface area contributed by atoms with Crippen molar-refractivity contribution in [1.82, 2.24) is 9.62 Å². The second-order valence-electron chi connectivity index (χ2n) is 9.15. The highest BCUT2D eigenvalue weighted by atomic mass is 32.2. The maximum absolute atomic E-state index is 13.5. The van der Waals surface area contributed by atoms with Crippen LogP contribution in [-0.2, 0) is 10.0 Å². The van der Waals surface area contributed by atoms with Crippen LogP contribution in [0.15, 0.2) is 41.3 Å². The highest BCUT2D eigenvalue weighted by Crippen LogP contribution is 2.35. The number of sulfonamides is 1. The Labute approximate surface area is 185 Å². The van der Waals surface area contributed by atoms with Crippen molar-refractivity contribution in [3.05, 3.63) is 47.5 Å². The van der Waals surface area contributed by atoms with Crippen LogP contribution in [0.1, 0.15) is 31.9 Å². The largest absolute Gasteiger partial charge is 0.456 e. The minimum absolute atomic E-state index is 0.0830. The number of anilines is 1. The van der Waals surface area contributed by atoms with Crippen molar-refractivity contribution in [2.45, 2.75) is 45.7 Å². The van der Waals surface area contributed by atoms with E-state index in [-0.39, 0.29) is 10.6 Å². The fraction of sp³-hybridized carbons (Fsp3) is 0.478. The molecule has 3 N–H and O–H groups in total. The minimum atomic E-state index is -3.78. The summed E-state index contributed by atoms with van der Waals surface area (Å²) < 4.78 is 34.5. The summed E-state index contributed by atoms with van der Waals surface area (Å²) in [5.74, 6) is 0.851. The van der Waals surface area contributed by atoms with E-state index in [1.165, 1.54) is 4.31 Å². The number of aryl methyl sites for hydroxylation is 2. The fourth-order valence-electron chi connectivity index (χ4n) is 3.40. The van der Waals surface area contributed by atoms with Crippen LogP contribution in [0.25, 0.3) is 0 Å². The Bertz CT molecular complexity index is 1010. The lowest BCUT2D eigenvalue weighted by molar-refractivity contribution is 0.0880. The Kier molecular flexibility index (Phi) is 6.95. The monoisotopic (exact) mass is 447 g/mol. The molecule has 2 aromatic rings. The van der Waals surface area contributed by atoms with Gasteiger partial charge in [0.05, 0.1) is 0 Å². The van der Waals surface area contributed by atoms with Crippen LogP contribution < -0.4 is 15.4 Å². The fourth-order valence-corrected chi connectivity index (χ4v) is 4.98. The zero-order chi connectivity index (χ0) is 22.8. The van der Waals surface area contributed by atoms with Gasteiger partial charge in [0.25, 0.3) is 0 Å². The Morgan fingerprint density at radius 3 is 2.26 bits per heavy atom. The number of aliphatic hydroxyl groups is 1. The van der Waals surface area contributed by atoms with Gasteiger partial charge in [0.1, 0.15) is 22.6 Å². The summed E-state index contributed by atoms with van der Waals surface area (Å²) in [5, 5.41) is 16.6. The number of rotatable bonds is 6. The van der Waals surface area contributed by atoms with E-state index in [2.05, 4.69) is 10.6 Å². The van der Waals surface area contributed by atoms with E-state index < -0.39 is 21.7 Å². The molecule has 1 unspecified atom stereocenters. The molecule has 0 amide bonds. The lowest BCUT2D eigenvalue weighted by atomic mass is 9.94. The van der Waals surface area contributed by atoms with Gasteiger partial charge in [-0.3, -0.25) is 0 Å². The predicted molar refractivity (Wildman–Crippen MR) is 123 cm³/mol. The molecular formula is C23H33N3O4S. The number of nitrogens with one attached hydrogen (secondary N) is 2. The van der Waals surface area contributed by atoms with Gasteiger partial charge in [-0.25, -0.2) is 8.42 Å². The first-order valence-electron chi connectivity index (χ1n) is 10.5. The van der Waals surface area contributed by atoms with E-state index in [0.717, 1.165) is 11.1 Å². The molecule has 7 nitrogen and oxygen atoms in total. The molecule has 1 atom stereocenters. The standard InChI is InChI=1S/C23H33N3O4S/c1-16-12-17(2)14-19(13-16)30-20-7-6-18(25-22(27)23(3,4)5)15-21(20)31(28,29)26-10-8-24-9-11-26/h6-7,12-15,22,24-25,27H,8-11H2,1-5H3. The number of nitrogens with zero attached hydrogens (tertiary/aromatic N) is 1. The summed E-state index contributed by atoms with van der Waals surface area (Å²) in [6.45, 7) is 11.7. The first kappa shape index (κ1) is 23.5. The number of aliphatic hydroxyl groups excluding tert-OH is 1. The van der Waals surface area contributed by atoms with Gasteiger partial charge in [-0.15, -0.1) is 0 Å². The second-order valence-corrected chi connectivity index (χ2v) is 11.1. The first-order valence-corrected chi connectivity index (χ1v) is 12.0. The van der Waals surface area contributed by atoms with E-state index >= 15 is 0 Å². The van der Waals surface area contributed by atoms with E-state index in [1.807, 2.05) is 52.8 Å². The number of hydrogen-bond acceptors (Lipinski definition) is 6. The molecule has 31 heavy (non-hydrogen) atoms. The van der Waals surface area contributed by atoms with Crippen LogP contribution in [-0.4, -0.2) is 50.2 Å². The van der Waals surface area contributed by atoms with Gasteiger partial charge in [-0.05, 0) is 55.3 Å². The molecule has 3 rings (SSSR count). The lowest BCUT2D eigenvalue weighted by Crippen LogP contribution is -2.46. The van der Waals surface area contributed by atoms with E-state index in [0.29, 0.717) is 37.6 Å². The number of piperazine rings is 1. The molecule has 2 aromatic carbocycles. The molecule has 1 saturated heterocycles. The van der Waals surface area contributed by atoms with E-state index in [4.69, 9.17) is 4.74 Å². The molecule has 0 bridgehead atoms. The van der Waals surface area contributed by atoms with Crippen molar-refractivity contribution < 1.29 is 18.3 Å². The molecule has 170 valence electrons. The van der Waals surface area contributed by atoms with Gasteiger partial charge in [-0.2, -0.15) is 4.31 Å². The van der Waals surface area contributed by atoms with Gasteiger partial charge in [0.15, 0.2) is 0 Å². The summed E-state index contributed by atoms with van der Waals surface area (Å²) in [6, 6.07) is 10.7. The third kappa shape index (κ3) is 5.77. The van der Waals surface area contributed by atoms with Gasteiger partial charge in [0, 0.05) is 37.3 Å². The van der Waals surface area contributed by atoms with Crippen molar-refractivity contribution in [3.8, 4) is 11.5 Å². The zero-order valence-electron chi connectivity index (χ0n) is 18.9. The molecule has 0 aliphatic carbocycles. The summed E-state index contributed by atoms with van der Waals surface area (Å²) in [4.78, 5) is 0.0830.